The molecule has 0 aromatic carbocycles. The molecule has 0 saturated carbocycles. The Morgan fingerprint density at radius 3 is 2.60 bits per heavy atom. The highest BCUT2D eigenvalue weighted by atomic mass is 79.9. The largest absolute Gasteiger partial charge is 0.313 e. The Morgan fingerprint density at radius 2 is 1.95 bits per heavy atom. The van der Waals surface area contributed by atoms with Gasteiger partial charge in [0.1, 0.15) is 0 Å². The van der Waals surface area contributed by atoms with Crippen molar-refractivity contribution in [2.75, 3.05) is 6.54 Å². The van der Waals surface area contributed by atoms with Gasteiger partial charge in [0.05, 0.1) is 28.1 Å². The summed E-state index contributed by atoms with van der Waals surface area (Å²) in [4.78, 5) is 0. The molecule has 0 aliphatic heterocycles. The van der Waals surface area contributed by atoms with E-state index in [2.05, 4.69) is 58.4 Å². The molecule has 6 heteroatoms. The smallest absolute Gasteiger partial charge is 0.0840 e. The summed E-state index contributed by atoms with van der Waals surface area (Å²) in [5.41, 5.74) is 4.53. The average molecular weight is 340 g/mol. The molecule has 0 spiro atoms. The minimum absolute atomic E-state index is 0.738. The molecule has 0 aliphatic carbocycles. The monoisotopic (exact) mass is 339 g/mol. The predicted molar refractivity (Wildman–Crippen MR) is 83.8 cm³/mol. The Bertz CT molecular complexity index is 585. The van der Waals surface area contributed by atoms with E-state index in [1.54, 1.807) is 0 Å². The lowest BCUT2D eigenvalue weighted by Gasteiger charge is -2.05. The molecule has 0 radical (unpaired) electrons. The normalized spacial score (nSPS) is 11.2. The Kier molecular flexibility index (Phi) is 4.99. The van der Waals surface area contributed by atoms with E-state index in [1.165, 1.54) is 11.3 Å². The molecular weight excluding hydrogens is 318 g/mol. The van der Waals surface area contributed by atoms with Gasteiger partial charge in [0.2, 0.25) is 0 Å². The number of halogens is 1. The summed E-state index contributed by atoms with van der Waals surface area (Å²) >= 11 is 3.63. The fourth-order valence-electron chi connectivity index (χ4n) is 2.25. The third kappa shape index (κ3) is 3.12. The number of rotatable bonds is 6. The molecule has 5 nitrogen and oxygen atoms in total. The number of nitrogens with zero attached hydrogens (tertiary/aromatic N) is 4. The highest BCUT2D eigenvalue weighted by molar-refractivity contribution is 9.10. The molecule has 2 rings (SSSR count). The van der Waals surface area contributed by atoms with E-state index in [0.717, 1.165) is 42.0 Å². The van der Waals surface area contributed by atoms with Crippen molar-refractivity contribution in [1.29, 1.82) is 0 Å². The van der Waals surface area contributed by atoms with Gasteiger partial charge in [-0.2, -0.15) is 10.2 Å². The van der Waals surface area contributed by atoms with Gasteiger partial charge in [0, 0.05) is 24.8 Å². The van der Waals surface area contributed by atoms with Crippen LogP contribution in [0.1, 0.15) is 36.5 Å². The highest BCUT2D eigenvalue weighted by Crippen LogP contribution is 2.22. The second kappa shape index (κ2) is 6.54. The molecule has 2 heterocycles. The fraction of sp³-hybridized carbons (Fsp3) is 0.571. The maximum Gasteiger partial charge on any atom is 0.0840 e. The van der Waals surface area contributed by atoms with E-state index in [9.17, 15) is 0 Å². The lowest BCUT2D eigenvalue weighted by Crippen LogP contribution is -2.12. The Balaban J connectivity index is 2.22. The molecule has 0 aliphatic rings. The number of hydrogen-bond donors (Lipinski definition) is 1. The van der Waals surface area contributed by atoms with Crippen molar-refractivity contribution in [2.45, 2.75) is 47.3 Å². The highest BCUT2D eigenvalue weighted by Gasteiger charge is 2.14. The van der Waals surface area contributed by atoms with Gasteiger partial charge < -0.3 is 5.32 Å². The predicted octanol–water partition coefficient (Wildman–Crippen LogP) is 2.64. The van der Waals surface area contributed by atoms with Crippen LogP contribution in [0.4, 0.5) is 0 Å². The van der Waals surface area contributed by atoms with Crippen LogP contribution >= 0.6 is 15.9 Å². The minimum Gasteiger partial charge on any atom is -0.313 e. The summed E-state index contributed by atoms with van der Waals surface area (Å²) < 4.78 is 5.11. The van der Waals surface area contributed by atoms with Gasteiger partial charge in [-0.25, -0.2) is 0 Å². The van der Waals surface area contributed by atoms with E-state index in [1.807, 2.05) is 16.3 Å². The third-order valence-electron chi connectivity index (χ3n) is 3.38. The molecule has 110 valence electrons. The quantitative estimate of drug-likeness (QED) is 0.879. The standard InChI is InChI=1S/C14H22BrN5/c1-5-16-7-12-8-19(17-10(12)3)9-13-14(15)11(4)18-20(13)6-2/h8,16H,5-7,9H2,1-4H3. The second-order valence-corrected chi connectivity index (χ2v) is 5.67. The van der Waals surface area contributed by atoms with E-state index in [4.69, 9.17) is 0 Å². The molecule has 0 atom stereocenters. The molecule has 0 bridgehead atoms. The zero-order valence-electron chi connectivity index (χ0n) is 12.6. The van der Waals surface area contributed by atoms with Crippen LogP contribution < -0.4 is 5.32 Å². The van der Waals surface area contributed by atoms with Crippen molar-refractivity contribution in [3.8, 4) is 0 Å². The second-order valence-electron chi connectivity index (χ2n) is 4.88. The first-order chi connectivity index (χ1) is 9.56. The molecule has 20 heavy (non-hydrogen) atoms. The first kappa shape index (κ1) is 15.3. The summed E-state index contributed by atoms with van der Waals surface area (Å²) in [6, 6.07) is 0. The van der Waals surface area contributed by atoms with Gasteiger partial charge in [0.15, 0.2) is 0 Å². The van der Waals surface area contributed by atoms with Crippen LogP contribution in [0.25, 0.3) is 0 Å². The third-order valence-corrected chi connectivity index (χ3v) is 4.41. The summed E-state index contributed by atoms with van der Waals surface area (Å²) in [6.07, 6.45) is 2.12. The average Bonchev–Trinajstić information content (AvgIpc) is 2.91. The fourth-order valence-corrected chi connectivity index (χ4v) is 2.66. The van der Waals surface area contributed by atoms with Crippen molar-refractivity contribution in [3.63, 3.8) is 0 Å². The van der Waals surface area contributed by atoms with Crippen LogP contribution in [0.15, 0.2) is 10.7 Å². The van der Waals surface area contributed by atoms with Gasteiger partial charge in [-0.15, -0.1) is 0 Å². The van der Waals surface area contributed by atoms with Crippen molar-refractivity contribution in [3.05, 3.63) is 33.3 Å². The van der Waals surface area contributed by atoms with Crippen LogP contribution in [-0.2, 0) is 19.6 Å². The van der Waals surface area contributed by atoms with Crippen LogP contribution in [0.3, 0.4) is 0 Å². The van der Waals surface area contributed by atoms with E-state index in [-0.39, 0.29) is 0 Å². The summed E-state index contributed by atoms with van der Waals surface area (Å²) in [5, 5.41) is 12.5. The zero-order chi connectivity index (χ0) is 14.7. The molecule has 0 amide bonds. The van der Waals surface area contributed by atoms with Crippen LogP contribution in [0.5, 0.6) is 0 Å². The van der Waals surface area contributed by atoms with Crippen molar-refractivity contribution in [1.82, 2.24) is 24.9 Å². The Labute approximate surface area is 128 Å². The van der Waals surface area contributed by atoms with Crippen molar-refractivity contribution >= 4 is 15.9 Å². The first-order valence-electron chi connectivity index (χ1n) is 7.02. The number of hydrogen-bond acceptors (Lipinski definition) is 3. The van der Waals surface area contributed by atoms with Crippen LogP contribution in [-0.4, -0.2) is 26.1 Å². The topological polar surface area (TPSA) is 47.7 Å². The van der Waals surface area contributed by atoms with Crippen molar-refractivity contribution < 1.29 is 0 Å². The Hall–Kier alpha value is -1.14. The van der Waals surface area contributed by atoms with Gasteiger partial charge in [-0.1, -0.05) is 6.92 Å². The molecule has 1 N–H and O–H groups in total. The summed E-state index contributed by atoms with van der Waals surface area (Å²) in [6.45, 7) is 11.7. The molecule has 0 unspecified atom stereocenters. The van der Waals surface area contributed by atoms with Gasteiger partial charge >= 0.3 is 0 Å². The van der Waals surface area contributed by atoms with E-state index >= 15 is 0 Å². The van der Waals surface area contributed by atoms with E-state index in [0.29, 0.717) is 0 Å². The SMILES string of the molecule is CCNCc1cn(Cc2c(Br)c(C)nn2CC)nc1C. The number of nitrogens with one attached hydrogen (secondary N) is 1. The lowest BCUT2D eigenvalue weighted by molar-refractivity contribution is 0.572. The summed E-state index contributed by atoms with van der Waals surface area (Å²) in [5.74, 6) is 0. The van der Waals surface area contributed by atoms with Gasteiger partial charge in [-0.3, -0.25) is 9.36 Å². The molecule has 0 saturated heterocycles. The minimum atomic E-state index is 0.738. The molecule has 0 fully saturated rings. The number of aryl methyl sites for hydroxylation is 3. The van der Waals surface area contributed by atoms with E-state index < -0.39 is 0 Å². The lowest BCUT2D eigenvalue weighted by atomic mass is 10.2. The summed E-state index contributed by atoms with van der Waals surface area (Å²) in [7, 11) is 0. The molecule has 2 aromatic heterocycles. The molecular formula is C14H22BrN5. The van der Waals surface area contributed by atoms with Gasteiger partial charge in [0.25, 0.3) is 0 Å². The zero-order valence-corrected chi connectivity index (χ0v) is 14.2. The van der Waals surface area contributed by atoms with Crippen LogP contribution in [0, 0.1) is 13.8 Å². The maximum absolute atomic E-state index is 4.60. The van der Waals surface area contributed by atoms with Crippen molar-refractivity contribution in [2.24, 2.45) is 0 Å². The molecule has 2 aromatic rings. The number of aromatic nitrogens is 4. The first-order valence-corrected chi connectivity index (χ1v) is 7.81. The Morgan fingerprint density at radius 1 is 1.20 bits per heavy atom. The maximum atomic E-state index is 4.60. The van der Waals surface area contributed by atoms with Crippen LogP contribution in [0.2, 0.25) is 0 Å². The van der Waals surface area contributed by atoms with Gasteiger partial charge in [-0.05, 0) is 43.2 Å².